The van der Waals surface area contributed by atoms with Crippen molar-refractivity contribution < 1.29 is 14.7 Å². The van der Waals surface area contributed by atoms with Gasteiger partial charge in [-0.05, 0) is 38.5 Å². The summed E-state index contributed by atoms with van der Waals surface area (Å²) in [6.45, 7) is 8.20. The SMILES string of the molecule is C[C@H](CS)C(=O)N[C@@H](CSCc1ccc(N(C)C(C)(C)C)cc1)C(=O)O. The molecule has 0 saturated heterocycles. The van der Waals surface area contributed by atoms with Crippen LogP contribution in [0.15, 0.2) is 24.3 Å². The van der Waals surface area contributed by atoms with Crippen LogP contribution in [0.4, 0.5) is 5.69 Å². The zero-order valence-corrected chi connectivity index (χ0v) is 17.9. The molecule has 2 atom stereocenters. The molecule has 0 aliphatic carbocycles. The van der Waals surface area contributed by atoms with Crippen molar-refractivity contribution in [1.82, 2.24) is 5.32 Å². The van der Waals surface area contributed by atoms with Crippen molar-refractivity contribution in [3.8, 4) is 0 Å². The predicted octanol–water partition coefficient (Wildman–Crippen LogP) is 3.29. The molecule has 1 rings (SSSR count). The van der Waals surface area contributed by atoms with Gasteiger partial charge in [-0.15, -0.1) is 0 Å². The monoisotopic (exact) mass is 398 g/mol. The molecule has 0 spiro atoms. The van der Waals surface area contributed by atoms with E-state index in [1.807, 2.05) is 0 Å². The number of thiol groups is 1. The van der Waals surface area contributed by atoms with Gasteiger partial charge in [0.25, 0.3) is 0 Å². The summed E-state index contributed by atoms with van der Waals surface area (Å²) in [4.78, 5) is 25.4. The number of carboxylic acids is 1. The van der Waals surface area contributed by atoms with E-state index in [2.05, 4.69) is 74.9 Å². The first-order chi connectivity index (χ1) is 12.1. The average molecular weight is 399 g/mol. The highest BCUT2D eigenvalue weighted by Crippen LogP contribution is 2.23. The van der Waals surface area contributed by atoms with E-state index >= 15 is 0 Å². The second-order valence-corrected chi connectivity index (χ2v) is 8.79. The number of nitrogens with one attached hydrogen (secondary N) is 1. The highest BCUT2D eigenvalue weighted by atomic mass is 32.2. The topological polar surface area (TPSA) is 69.6 Å². The van der Waals surface area contributed by atoms with Gasteiger partial charge in [-0.2, -0.15) is 24.4 Å². The summed E-state index contributed by atoms with van der Waals surface area (Å²) in [7, 11) is 2.07. The highest BCUT2D eigenvalue weighted by Gasteiger charge is 2.22. The number of carboxylic acid groups (broad SMARTS) is 1. The molecule has 0 radical (unpaired) electrons. The summed E-state index contributed by atoms with van der Waals surface area (Å²) in [5.41, 5.74) is 2.32. The molecular weight excluding hydrogens is 368 g/mol. The van der Waals surface area contributed by atoms with Crippen molar-refractivity contribution in [2.75, 3.05) is 23.5 Å². The lowest BCUT2D eigenvalue weighted by molar-refractivity contribution is -0.141. The maximum absolute atomic E-state index is 11.9. The third-order valence-corrected chi connectivity index (χ3v) is 5.87. The quantitative estimate of drug-likeness (QED) is 0.557. The lowest BCUT2D eigenvalue weighted by Crippen LogP contribution is -2.45. The van der Waals surface area contributed by atoms with Gasteiger partial charge in [-0.25, -0.2) is 4.79 Å². The number of benzene rings is 1. The molecule has 1 amide bonds. The molecule has 1 aromatic carbocycles. The van der Waals surface area contributed by atoms with Gasteiger partial charge in [0.1, 0.15) is 6.04 Å². The Kier molecular flexibility index (Phi) is 8.83. The van der Waals surface area contributed by atoms with E-state index in [4.69, 9.17) is 0 Å². The molecule has 146 valence electrons. The van der Waals surface area contributed by atoms with E-state index in [0.29, 0.717) is 17.3 Å². The smallest absolute Gasteiger partial charge is 0.327 e. The number of rotatable bonds is 9. The number of hydrogen-bond acceptors (Lipinski definition) is 5. The van der Waals surface area contributed by atoms with E-state index in [9.17, 15) is 14.7 Å². The fourth-order valence-electron chi connectivity index (χ4n) is 2.07. The molecule has 0 fully saturated rings. The van der Waals surface area contributed by atoms with Gasteiger partial charge >= 0.3 is 5.97 Å². The normalized spacial score (nSPS) is 13.8. The standard InChI is InChI=1S/C19H30N2O3S2/c1-13(10-25)17(22)20-16(18(23)24)12-26-11-14-6-8-15(9-7-14)21(5)19(2,3)4/h6-9,13,16,25H,10-12H2,1-5H3,(H,20,22)(H,23,24)/t13-,16+/m1/s1. The van der Waals surface area contributed by atoms with E-state index in [1.54, 1.807) is 6.92 Å². The molecule has 26 heavy (non-hydrogen) atoms. The largest absolute Gasteiger partial charge is 0.480 e. The molecule has 0 aromatic heterocycles. The van der Waals surface area contributed by atoms with Crippen LogP contribution >= 0.6 is 24.4 Å². The van der Waals surface area contributed by atoms with Gasteiger partial charge in [-0.1, -0.05) is 19.1 Å². The van der Waals surface area contributed by atoms with Crippen molar-refractivity contribution in [3.05, 3.63) is 29.8 Å². The lowest BCUT2D eigenvalue weighted by Gasteiger charge is -2.34. The summed E-state index contributed by atoms with van der Waals surface area (Å²) >= 11 is 5.57. The van der Waals surface area contributed by atoms with Crippen LogP contribution < -0.4 is 10.2 Å². The second-order valence-electron chi connectivity index (χ2n) is 7.39. The van der Waals surface area contributed by atoms with Crippen molar-refractivity contribution in [3.63, 3.8) is 0 Å². The molecule has 2 N–H and O–H groups in total. The van der Waals surface area contributed by atoms with E-state index < -0.39 is 12.0 Å². The van der Waals surface area contributed by atoms with Crippen LogP contribution in [0.5, 0.6) is 0 Å². The Bertz CT molecular complexity index is 600. The number of nitrogens with zero attached hydrogens (tertiary/aromatic N) is 1. The van der Waals surface area contributed by atoms with Crippen LogP contribution in [0.3, 0.4) is 0 Å². The van der Waals surface area contributed by atoms with E-state index in [-0.39, 0.29) is 17.4 Å². The number of aliphatic carboxylic acids is 1. The van der Waals surface area contributed by atoms with Crippen LogP contribution in [0.1, 0.15) is 33.3 Å². The molecule has 0 saturated carbocycles. The summed E-state index contributed by atoms with van der Waals surface area (Å²) in [6, 6.07) is 7.38. The lowest BCUT2D eigenvalue weighted by atomic mass is 10.1. The third kappa shape index (κ3) is 7.11. The molecule has 7 heteroatoms. The van der Waals surface area contributed by atoms with Crippen molar-refractivity contribution in [1.29, 1.82) is 0 Å². The molecule has 0 unspecified atom stereocenters. The van der Waals surface area contributed by atoms with Gasteiger partial charge < -0.3 is 15.3 Å². The number of carbonyl (C=O) groups is 2. The summed E-state index contributed by atoms with van der Waals surface area (Å²) in [6.07, 6.45) is 0. The van der Waals surface area contributed by atoms with Crippen molar-refractivity contribution in [2.45, 2.75) is 45.0 Å². The Morgan fingerprint density at radius 3 is 2.31 bits per heavy atom. The summed E-state index contributed by atoms with van der Waals surface area (Å²) in [5.74, 6) is -0.189. The number of carbonyl (C=O) groups excluding carboxylic acids is 1. The molecular formula is C19H30N2O3S2. The first-order valence-electron chi connectivity index (χ1n) is 8.60. The Morgan fingerprint density at radius 2 is 1.85 bits per heavy atom. The number of anilines is 1. The fraction of sp³-hybridized carbons (Fsp3) is 0.579. The van der Waals surface area contributed by atoms with Crippen LogP contribution in [-0.4, -0.2) is 47.1 Å². The maximum atomic E-state index is 11.9. The average Bonchev–Trinajstić information content (AvgIpc) is 2.58. The first kappa shape index (κ1) is 22.7. The maximum Gasteiger partial charge on any atom is 0.327 e. The Hall–Kier alpha value is -1.34. The molecule has 0 aliphatic rings. The van der Waals surface area contributed by atoms with Gasteiger partial charge in [-0.3, -0.25) is 4.79 Å². The molecule has 1 aromatic rings. The molecule has 0 aliphatic heterocycles. The Balaban J connectivity index is 2.57. The van der Waals surface area contributed by atoms with Gasteiger partial charge in [0.2, 0.25) is 5.91 Å². The Labute approximate surface area is 166 Å². The van der Waals surface area contributed by atoms with Crippen molar-refractivity contribution in [2.24, 2.45) is 5.92 Å². The zero-order valence-electron chi connectivity index (χ0n) is 16.2. The molecule has 5 nitrogen and oxygen atoms in total. The first-order valence-corrected chi connectivity index (χ1v) is 10.4. The van der Waals surface area contributed by atoms with E-state index in [0.717, 1.165) is 11.3 Å². The summed E-state index contributed by atoms with van der Waals surface area (Å²) in [5, 5.41) is 11.9. The van der Waals surface area contributed by atoms with Gasteiger partial charge in [0.05, 0.1) is 0 Å². The van der Waals surface area contributed by atoms with Crippen LogP contribution in [0, 0.1) is 5.92 Å². The van der Waals surface area contributed by atoms with Crippen LogP contribution in [0.25, 0.3) is 0 Å². The molecule has 0 bridgehead atoms. The second kappa shape index (κ2) is 10.1. The van der Waals surface area contributed by atoms with E-state index in [1.165, 1.54) is 11.8 Å². The summed E-state index contributed by atoms with van der Waals surface area (Å²) < 4.78 is 0. The van der Waals surface area contributed by atoms with Crippen LogP contribution in [-0.2, 0) is 15.3 Å². The Morgan fingerprint density at radius 1 is 1.27 bits per heavy atom. The highest BCUT2D eigenvalue weighted by molar-refractivity contribution is 7.98. The minimum Gasteiger partial charge on any atom is -0.480 e. The fourth-order valence-corrected chi connectivity index (χ4v) is 3.24. The number of hydrogen-bond donors (Lipinski definition) is 3. The predicted molar refractivity (Wildman–Crippen MR) is 113 cm³/mol. The molecule has 0 heterocycles. The minimum absolute atomic E-state index is 0.0489. The minimum atomic E-state index is -1.01. The van der Waals surface area contributed by atoms with Crippen LogP contribution in [0.2, 0.25) is 0 Å². The van der Waals surface area contributed by atoms with Gasteiger partial charge in [0, 0.05) is 41.5 Å². The zero-order chi connectivity index (χ0) is 19.9. The number of amides is 1. The third-order valence-electron chi connectivity index (χ3n) is 4.22. The number of thioether (sulfide) groups is 1. The van der Waals surface area contributed by atoms with Gasteiger partial charge in [0.15, 0.2) is 0 Å². The van der Waals surface area contributed by atoms with Crippen molar-refractivity contribution >= 4 is 42.0 Å².